The third-order valence-corrected chi connectivity index (χ3v) is 11.3. The number of amides is 2. The van der Waals surface area contributed by atoms with Gasteiger partial charge in [0.1, 0.15) is 12.6 Å². The van der Waals surface area contributed by atoms with Crippen molar-refractivity contribution in [1.82, 2.24) is 10.2 Å². The minimum atomic E-state index is -4.16. The molecule has 4 aromatic carbocycles. The lowest BCUT2D eigenvalue weighted by Gasteiger charge is -2.35. The van der Waals surface area contributed by atoms with Gasteiger partial charge in [-0.05, 0) is 73.2 Å². The van der Waals surface area contributed by atoms with E-state index in [1.54, 1.807) is 41.3 Å². The average Bonchev–Trinajstić information content (AvgIpc) is 3.10. The summed E-state index contributed by atoms with van der Waals surface area (Å²) in [6, 6.07) is 30.4. The number of halogens is 1. The van der Waals surface area contributed by atoms with Crippen molar-refractivity contribution in [2.45, 2.75) is 82.3 Å². The Hall–Kier alpha value is -3.95. The maximum Gasteiger partial charge on any atom is 0.264 e. The SMILES string of the molecule is CCc1ccccc1N(CC(=O)N(Cc1ccc(Br)cc1)C(Cc1ccccc1)C(=O)NC1CCCCC1)S(=O)(=O)c1ccc(C)cc1. The maximum absolute atomic E-state index is 14.8. The quantitative estimate of drug-likeness (QED) is 0.154. The fraction of sp³-hybridized carbons (Fsp3) is 0.333. The number of carbonyl (C=O) groups is 2. The maximum atomic E-state index is 14.8. The first-order valence-electron chi connectivity index (χ1n) is 16.7. The Morgan fingerprint density at radius 2 is 1.48 bits per heavy atom. The van der Waals surface area contributed by atoms with E-state index in [4.69, 9.17) is 0 Å². The van der Waals surface area contributed by atoms with Crippen LogP contribution in [0.2, 0.25) is 0 Å². The average molecular weight is 731 g/mol. The lowest BCUT2D eigenvalue weighted by atomic mass is 9.94. The van der Waals surface area contributed by atoms with Crippen LogP contribution >= 0.6 is 15.9 Å². The monoisotopic (exact) mass is 729 g/mol. The van der Waals surface area contributed by atoms with Crippen LogP contribution < -0.4 is 9.62 Å². The lowest BCUT2D eigenvalue weighted by Crippen LogP contribution is -2.55. The summed E-state index contributed by atoms with van der Waals surface area (Å²) >= 11 is 3.49. The van der Waals surface area contributed by atoms with Crippen molar-refractivity contribution in [2.24, 2.45) is 0 Å². The van der Waals surface area contributed by atoms with Gasteiger partial charge >= 0.3 is 0 Å². The topological polar surface area (TPSA) is 86.8 Å². The van der Waals surface area contributed by atoms with Crippen molar-refractivity contribution >= 4 is 43.5 Å². The summed E-state index contributed by atoms with van der Waals surface area (Å²) in [6.45, 7) is 3.53. The Labute approximate surface area is 293 Å². The molecule has 48 heavy (non-hydrogen) atoms. The van der Waals surface area contributed by atoms with E-state index in [9.17, 15) is 18.0 Å². The molecule has 1 N–H and O–H groups in total. The lowest BCUT2D eigenvalue weighted by molar-refractivity contribution is -0.140. The predicted molar refractivity (Wildman–Crippen MR) is 195 cm³/mol. The van der Waals surface area contributed by atoms with Gasteiger partial charge in [0.2, 0.25) is 11.8 Å². The van der Waals surface area contributed by atoms with E-state index >= 15 is 0 Å². The van der Waals surface area contributed by atoms with Crippen LogP contribution in [0, 0.1) is 6.92 Å². The second kappa shape index (κ2) is 16.4. The van der Waals surface area contributed by atoms with Gasteiger partial charge in [0, 0.05) is 23.5 Å². The van der Waals surface area contributed by atoms with Crippen molar-refractivity contribution in [3.05, 3.63) is 130 Å². The molecule has 1 saturated carbocycles. The Bertz CT molecular complexity index is 1770. The number of aryl methyl sites for hydroxylation is 2. The minimum absolute atomic E-state index is 0.0454. The smallest absolute Gasteiger partial charge is 0.264 e. The van der Waals surface area contributed by atoms with Gasteiger partial charge in [0.15, 0.2) is 0 Å². The third-order valence-electron chi connectivity index (χ3n) is 9.02. The molecule has 0 saturated heterocycles. The van der Waals surface area contributed by atoms with Crippen LogP contribution in [0.3, 0.4) is 0 Å². The van der Waals surface area contributed by atoms with Gasteiger partial charge < -0.3 is 10.2 Å². The molecule has 0 radical (unpaired) electrons. The van der Waals surface area contributed by atoms with Crippen LogP contribution in [0.25, 0.3) is 0 Å². The molecule has 0 bridgehead atoms. The molecule has 2 amide bonds. The standard InChI is InChI=1S/C39H44BrN3O4S/c1-3-32-14-10-11-17-36(32)43(48(46,47)35-24-18-29(2)19-25-35)28-38(44)42(27-31-20-22-33(40)23-21-31)37(26-30-12-6-4-7-13-30)39(45)41-34-15-8-5-9-16-34/h4,6-7,10-14,17-25,34,37H,3,5,8-9,15-16,26-28H2,1-2H3,(H,41,45). The second-order valence-electron chi connectivity index (χ2n) is 12.5. The van der Waals surface area contributed by atoms with Crippen LogP contribution in [0.4, 0.5) is 5.69 Å². The van der Waals surface area contributed by atoms with Gasteiger partial charge in [0.25, 0.3) is 10.0 Å². The Kier molecular flexibility index (Phi) is 12.1. The van der Waals surface area contributed by atoms with Crippen molar-refractivity contribution in [3.63, 3.8) is 0 Å². The number of carbonyl (C=O) groups excluding carboxylic acids is 2. The van der Waals surface area contributed by atoms with E-state index in [1.807, 2.05) is 80.6 Å². The van der Waals surface area contributed by atoms with E-state index in [2.05, 4.69) is 21.2 Å². The number of nitrogens with one attached hydrogen (secondary N) is 1. The molecule has 0 heterocycles. The zero-order chi connectivity index (χ0) is 34.1. The van der Waals surface area contributed by atoms with Crippen molar-refractivity contribution in [3.8, 4) is 0 Å². The molecular formula is C39H44BrN3O4S. The highest BCUT2D eigenvalue weighted by Crippen LogP contribution is 2.29. The molecule has 1 aliphatic carbocycles. The zero-order valence-corrected chi connectivity index (χ0v) is 30.0. The number of para-hydroxylation sites is 1. The molecule has 1 atom stereocenters. The number of rotatable bonds is 13. The van der Waals surface area contributed by atoms with E-state index < -0.39 is 28.5 Å². The molecule has 1 fully saturated rings. The molecule has 9 heteroatoms. The van der Waals surface area contributed by atoms with Gasteiger partial charge in [-0.25, -0.2) is 8.42 Å². The molecule has 7 nitrogen and oxygen atoms in total. The van der Waals surface area contributed by atoms with Crippen molar-refractivity contribution in [1.29, 1.82) is 0 Å². The third kappa shape index (κ3) is 8.94. The fourth-order valence-electron chi connectivity index (χ4n) is 6.29. The molecule has 0 aromatic heterocycles. The van der Waals surface area contributed by atoms with E-state index in [1.165, 1.54) is 4.31 Å². The van der Waals surface area contributed by atoms with E-state index in [-0.39, 0.29) is 29.8 Å². The van der Waals surface area contributed by atoms with Crippen LogP contribution in [0.15, 0.2) is 112 Å². The molecule has 5 rings (SSSR count). The van der Waals surface area contributed by atoms with Crippen LogP contribution in [0.1, 0.15) is 61.3 Å². The first-order chi connectivity index (χ1) is 23.2. The van der Waals surface area contributed by atoms with Gasteiger partial charge in [-0.2, -0.15) is 0 Å². The van der Waals surface area contributed by atoms with Crippen LogP contribution in [0.5, 0.6) is 0 Å². The summed E-state index contributed by atoms with van der Waals surface area (Å²) in [6.07, 6.45) is 5.93. The van der Waals surface area contributed by atoms with Gasteiger partial charge in [-0.3, -0.25) is 13.9 Å². The summed E-state index contributed by atoms with van der Waals surface area (Å²) < 4.78 is 30.9. The summed E-state index contributed by atoms with van der Waals surface area (Å²) in [4.78, 5) is 30.7. The number of hydrogen-bond acceptors (Lipinski definition) is 4. The highest BCUT2D eigenvalue weighted by molar-refractivity contribution is 9.10. The van der Waals surface area contributed by atoms with Gasteiger partial charge in [-0.15, -0.1) is 0 Å². The number of benzene rings is 4. The zero-order valence-electron chi connectivity index (χ0n) is 27.6. The molecule has 0 aliphatic heterocycles. The fourth-order valence-corrected chi connectivity index (χ4v) is 8.00. The summed E-state index contributed by atoms with van der Waals surface area (Å²) in [5.74, 6) is -0.683. The highest BCUT2D eigenvalue weighted by atomic mass is 79.9. The molecule has 1 aliphatic rings. The first kappa shape index (κ1) is 35.4. The number of nitrogens with zero attached hydrogens (tertiary/aromatic N) is 2. The summed E-state index contributed by atoms with van der Waals surface area (Å²) in [5.41, 5.74) is 3.92. The van der Waals surface area contributed by atoms with Crippen LogP contribution in [-0.2, 0) is 39.0 Å². The Balaban J connectivity index is 1.58. The molecule has 252 valence electrons. The molecule has 4 aromatic rings. The molecule has 1 unspecified atom stereocenters. The number of anilines is 1. The second-order valence-corrected chi connectivity index (χ2v) is 15.3. The molecule has 0 spiro atoms. The van der Waals surface area contributed by atoms with E-state index in [0.717, 1.165) is 58.8 Å². The highest BCUT2D eigenvalue weighted by Gasteiger charge is 2.36. The van der Waals surface area contributed by atoms with E-state index in [0.29, 0.717) is 12.1 Å². The number of hydrogen-bond donors (Lipinski definition) is 1. The summed E-state index contributed by atoms with van der Waals surface area (Å²) in [7, 11) is -4.16. The minimum Gasteiger partial charge on any atom is -0.352 e. The first-order valence-corrected chi connectivity index (χ1v) is 18.9. The summed E-state index contributed by atoms with van der Waals surface area (Å²) in [5, 5.41) is 3.26. The number of sulfonamides is 1. The Morgan fingerprint density at radius 3 is 2.15 bits per heavy atom. The largest absolute Gasteiger partial charge is 0.352 e. The van der Waals surface area contributed by atoms with Crippen LogP contribution in [-0.4, -0.2) is 43.8 Å². The Morgan fingerprint density at radius 1 is 0.833 bits per heavy atom. The normalized spacial score (nSPS) is 14.2. The predicted octanol–water partition coefficient (Wildman–Crippen LogP) is 7.60. The van der Waals surface area contributed by atoms with Crippen molar-refractivity contribution in [2.75, 3.05) is 10.8 Å². The molecular weight excluding hydrogens is 686 g/mol. The van der Waals surface area contributed by atoms with Crippen molar-refractivity contribution < 1.29 is 18.0 Å². The van der Waals surface area contributed by atoms with Gasteiger partial charge in [-0.1, -0.05) is 120 Å². The van der Waals surface area contributed by atoms with Gasteiger partial charge in [0.05, 0.1) is 10.6 Å².